The molecule has 23 heavy (non-hydrogen) atoms. The maximum atomic E-state index is 11.9. The Kier molecular flexibility index (Phi) is 8.44. The second-order valence-corrected chi connectivity index (χ2v) is 7.69. The van der Waals surface area contributed by atoms with Crippen LogP contribution in [0.1, 0.15) is 13.3 Å². The number of halogens is 1. The molecule has 0 radical (unpaired) electrons. The van der Waals surface area contributed by atoms with Crippen molar-refractivity contribution in [3.8, 4) is 0 Å². The topological polar surface area (TPSA) is 35.6 Å². The second-order valence-electron chi connectivity index (χ2n) is 5.72. The highest BCUT2D eigenvalue weighted by Gasteiger charge is 2.14. The number of thioether (sulfide) groups is 1. The van der Waals surface area contributed by atoms with Crippen LogP contribution < -0.4 is 5.32 Å². The Morgan fingerprint density at radius 1 is 1.17 bits per heavy atom. The molecule has 0 unspecified atom stereocenters. The first-order valence-electron chi connectivity index (χ1n) is 8.27. The van der Waals surface area contributed by atoms with E-state index in [0.29, 0.717) is 5.75 Å². The third-order valence-corrected chi connectivity index (χ3v) is 5.61. The fourth-order valence-electron chi connectivity index (χ4n) is 2.59. The number of amides is 1. The highest BCUT2D eigenvalue weighted by atomic mass is 79.9. The van der Waals surface area contributed by atoms with Gasteiger partial charge in [-0.05, 0) is 43.8 Å². The van der Waals surface area contributed by atoms with Crippen molar-refractivity contribution in [2.75, 3.05) is 51.6 Å². The average Bonchev–Trinajstić information content (AvgIpc) is 2.59. The van der Waals surface area contributed by atoms with Crippen molar-refractivity contribution in [1.82, 2.24) is 15.1 Å². The highest BCUT2D eigenvalue weighted by molar-refractivity contribution is 9.10. The monoisotopic (exact) mass is 399 g/mol. The number of carbonyl (C=O) groups is 1. The van der Waals surface area contributed by atoms with Gasteiger partial charge in [0.05, 0.1) is 5.75 Å². The maximum Gasteiger partial charge on any atom is 0.230 e. The van der Waals surface area contributed by atoms with Crippen LogP contribution in [0.3, 0.4) is 0 Å². The van der Waals surface area contributed by atoms with Crippen LogP contribution in [-0.2, 0) is 4.79 Å². The van der Waals surface area contributed by atoms with Gasteiger partial charge in [-0.15, -0.1) is 11.8 Å². The molecular weight excluding hydrogens is 374 g/mol. The van der Waals surface area contributed by atoms with Crippen LogP contribution in [0, 0.1) is 0 Å². The molecule has 1 aliphatic rings. The van der Waals surface area contributed by atoms with E-state index in [-0.39, 0.29) is 5.91 Å². The van der Waals surface area contributed by atoms with Gasteiger partial charge in [0.15, 0.2) is 0 Å². The van der Waals surface area contributed by atoms with Gasteiger partial charge in [0.25, 0.3) is 0 Å². The zero-order valence-corrected chi connectivity index (χ0v) is 16.2. The Balaban J connectivity index is 1.52. The molecule has 0 spiro atoms. The molecule has 0 atom stereocenters. The lowest BCUT2D eigenvalue weighted by Gasteiger charge is -2.33. The summed E-state index contributed by atoms with van der Waals surface area (Å²) in [5.41, 5.74) is 0. The minimum atomic E-state index is 0.119. The number of hydrogen-bond donors (Lipinski definition) is 1. The molecule has 0 saturated carbocycles. The van der Waals surface area contributed by atoms with Crippen molar-refractivity contribution < 1.29 is 4.79 Å². The van der Waals surface area contributed by atoms with E-state index < -0.39 is 0 Å². The van der Waals surface area contributed by atoms with E-state index in [4.69, 9.17) is 0 Å². The van der Waals surface area contributed by atoms with Crippen LogP contribution in [-0.4, -0.2) is 67.3 Å². The fraction of sp³-hybridized carbons (Fsp3) is 0.588. The molecule has 128 valence electrons. The van der Waals surface area contributed by atoms with E-state index in [1.165, 1.54) is 13.1 Å². The summed E-state index contributed by atoms with van der Waals surface area (Å²) in [5.74, 6) is 0.602. The normalized spacial score (nSPS) is 16.4. The molecule has 1 aromatic rings. The van der Waals surface area contributed by atoms with Gasteiger partial charge in [-0.2, -0.15) is 0 Å². The highest BCUT2D eigenvalue weighted by Crippen LogP contribution is 2.20. The van der Waals surface area contributed by atoms with Crippen LogP contribution in [0.5, 0.6) is 0 Å². The number of hydrogen-bond acceptors (Lipinski definition) is 4. The van der Waals surface area contributed by atoms with Gasteiger partial charge in [0, 0.05) is 42.1 Å². The van der Waals surface area contributed by atoms with Gasteiger partial charge in [-0.3, -0.25) is 4.79 Å². The summed E-state index contributed by atoms with van der Waals surface area (Å²) in [5, 5.41) is 3.02. The number of likely N-dealkylation sites (N-methyl/N-ethyl adjacent to an activating group) is 1. The summed E-state index contributed by atoms with van der Waals surface area (Å²) in [6.45, 7) is 9.88. The SMILES string of the molecule is CCN1CCN(CCCNC(=O)CSc2ccc(Br)cc2)CC1. The molecule has 1 amide bonds. The van der Waals surface area contributed by atoms with Gasteiger partial charge in [0.2, 0.25) is 5.91 Å². The number of piperazine rings is 1. The van der Waals surface area contributed by atoms with Crippen molar-refractivity contribution in [3.05, 3.63) is 28.7 Å². The Morgan fingerprint density at radius 3 is 2.48 bits per heavy atom. The van der Waals surface area contributed by atoms with E-state index in [0.717, 1.165) is 48.5 Å². The van der Waals surface area contributed by atoms with Crippen molar-refractivity contribution >= 4 is 33.6 Å². The van der Waals surface area contributed by atoms with E-state index in [9.17, 15) is 4.79 Å². The summed E-state index contributed by atoms with van der Waals surface area (Å²) >= 11 is 4.99. The van der Waals surface area contributed by atoms with E-state index in [1.807, 2.05) is 24.3 Å². The zero-order valence-electron chi connectivity index (χ0n) is 13.8. The third-order valence-electron chi connectivity index (χ3n) is 4.07. The molecule has 2 rings (SSSR count). The Bertz CT molecular complexity index is 475. The Labute approximate surface area is 152 Å². The molecule has 1 heterocycles. The standard InChI is InChI=1S/C17H26BrN3OS/c1-2-20-10-12-21(13-11-20)9-3-8-19-17(22)14-23-16-6-4-15(18)5-7-16/h4-7H,2-3,8-14H2,1H3,(H,19,22). The predicted molar refractivity (Wildman–Crippen MR) is 101 cm³/mol. The van der Waals surface area contributed by atoms with E-state index >= 15 is 0 Å². The number of benzene rings is 1. The Hall–Kier alpha value is -0.560. The summed E-state index contributed by atoms with van der Waals surface area (Å²) in [6.07, 6.45) is 1.03. The minimum absolute atomic E-state index is 0.119. The van der Waals surface area contributed by atoms with Gasteiger partial charge >= 0.3 is 0 Å². The predicted octanol–water partition coefficient (Wildman–Crippen LogP) is 2.69. The molecule has 6 heteroatoms. The molecule has 0 bridgehead atoms. The largest absolute Gasteiger partial charge is 0.355 e. The molecule has 4 nitrogen and oxygen atoms in total. The van der Waals surface area contributed by atoms with Crippen molar-refractivity contribution in [2.45, 2.75) is 18.2 Å². The molecule has 1 aliphatic heterocycles. The van der Waals surface area contributed by atoms with Crippen molar-refractivity contribution in [3.63, 3.8) is 0 Å². The minimum Gasteiger partial charge on any atom is -0.355 e. The number of nitrogens with zero attached hydrogens (tertiary/aromatic N) is 2. The molecule has 1 N–H and O–H groups in total. The first-order valence-corrected chi connectivity index (χ1v) is 10.0. The third kappa shape index (κ3) is 7.25. The number of carbonyl (C=O) groups excluding carboxylic acids is 1. The average molecular weight is 400 g/mol. The van der Waals surface area contributed by atoms with E-state index in [2.05, 4.69) is 38.0 Å². The first-order chi connectivity index (χ1) is 11.2. The summed E-state index contributed by atoms with van der Waals surface area (Å²) in [7, 11) is 0. The lowest BCUT2D eigenvalue weighted by molar-refractivity contribution is -0.118. The number of nitrogens with one attached hydrogen (secondary N) is 1. The van der Waals surface area contributed by atoms with Crippen LogP contribution >= 0.6 is 27.7 Å². The lowest BCUT2D eigenvalue weighted by atomic mass is 10.3. The molecule has 0 aliphatic carbocycles. The molecule has 1 fully saturated rings. The van der Waals surface area contributed by atoms with Crippen LogP contribution in [0.25, 0.3) is 0 Å². The molecule has 0 aromatic heterocycles. The van der Waals surface area contributed by atoms with Crippen molar-refractivity contribution in [1.29, 1.82) is 0 Å². The summed E-state index contributed by atoms with van der Waals surface area (Å²) in [6, 6.07) is 8.05. The summed E-state index contributed by atoms with van der Waals surface area (Å²) in [4.78, 5) is 18.0. The van der Waals surface area contributed by atoms with Gasteiger partial charge in [-0.25, -0.2) is 0 Å². The summed E-state index contributed by atoms with van der Waals surface area (Å²) < 4.78 is 1.06. The van der Waals surface area contributed by atoms with Gasteiger partial charge in [-0.1, -0.05) is 22.9 Å². The van der Waals surface area contributed by atoms with Crippen molar-refractivity contribution in [2.24, 2.45) is 0 Å². The van der Waals surface area contributed by atoms with E-state index in [1.54, 1.807) is 11.8 Å². The smallest absolute Gasteiger partial charge is 0.230 e. The van der Waals surface area contributed by atoms with Crippen LogP contribution in [0.2, 0.25) is 0 Å². The van der Waals surface area contributed by atoms with Crippen LogP contribution in [0.4, 0.5) is 0 Å². The molecule has 1 saturated heterocycles. The first kappa shape index (κ1) is 18.8. The zero-order chi connectivity index (χ0) is 16.5. The Morgan fingerprint density at radius 2 is 1.83 bits per heavy atom. The maximum absolute atomic E-state index is 11.9. The lowest BCUT2D eigenvalue weighted by Crippen LogP contribution is -2.46. The molecule has 1 aromatic carbocycles. The van der Waals surface area contributed by atoms with Gasteiger partial charge in [0.1, 0.15) is 0 Å². The van der Waals surface area contributed by atoms with Crippen LogP contribution in [0.15, 0.2) is 33.6 Å². The quantitative estimate of drug-likeness (QED) is 0.538. The second kappa shape index (κ2) is 10.3. The molecular formula is C17H26BrN3OS. The number of rotatable bonds is 8. The van der Waals surface area contributed by atoms with Gasteiger partial charge < -0.3 is 15.1 Å². The fourth-order valence-corrected chi connectivity index (χ4v) is 3.58.